The number of piperazine rings is 1. The Bertz CT molecular complexity index is 373. The Morgan fingerprint density at radius 2 is 1.43 bits per heavy atom. The molecule has 0 bridgehead atoms. The van der Waals surface area contributed by atoms with Crippen molar-refractivity contribution in [3.63, 3.8) is 0 Å². The SMILES string of the molecule is CC(C)(C)C(=O)N1CCN(C(=O)CC2CCCCC2)CC1. The van der Waals surface area contributed by atoms with Crippen LogP contribution in [0.15, 0.2) is 0 Å². The molecule has 1 aliphatic heterocycles. The molecule has 2 fully saturated rings. The average Bonchev–Trinajstić information content (AvgIpc) is 2.46. The summed E-state index contributed by atoms with van der Waals surface area (Å²) in [4.78, 5) is 28.5. The lowest BCUT2D eigenvalue weighted by atomic mass is 9.86. The van der Waals surface area contributed by atoms with E-state index >= 15 is 0 Å². The second-order valence-electron chi connectivity index (χ2n) is 7.63. The van der Waals surface area contributed by atoms with Crippen molar-refractivity contribution in [2.75, 3.05) is 26.2 Å². The Morgan fingerprint density at radius 3 is 1.95 bits per heavy atom. The maximum Gasteiger partial charge on any atom is 0.228 e. The lowest BCUT2D eigenvalue weighted by Gasteiger charge is -2.38. The largest absolute Gasteiger partial charge is 0.339 e. The molecule has 21 heavy (non-hydrogen) atoms. The van der Waals surface area contributed by atoms with Gasteiger partial charge in [-0.3, -0.25) is 9.59 Å². The minimum Gasteiger partial charge on any atom is -0.339 e. The molecule has 2 amide bonds. The van der Waals surface area contributed by atoms with Gasteiger partial charge in [0.2, 0.25) is 11.8 Å². The van der Waals surface area contributed by atoms with Crippen molar-refractivity contribution in [1.29, 1.82) is 0 Å². The fourth-order valence-electron chi connectivity index (χ4n) is 3.40. The maximum absolute atomic E-state index is 12.4. The van der Waals surface area contributed by atoms with Gasteiger partial charge in [0.1, 0.15) is 0 Å². The first-order valence-corrected chi connectivity index (χ1v) is 8.45. The molecule has 0 unspecified atom stereocenters. The number of amides is 2. The standard InChI is InChI=1S/C17H30N2O2/c1-17(2,3)16(21)19-11-9-18(10-12-19)15(20)13-14-7-5-4-6-8-14/h14H,4-13H2,1-3H3. The van der Waals surface area contributed by atoms with E-state index in [0.29, 0.717) is 44.4 Å². The lowest BCUT2D eigenvalue weighted by molar-refractivity contribution is -0.145. The smallest absolute Gasteiger partial charge is 0.228 e. The third-order valence-electron chi connectivity index (χ3n) is 4.75. The summed E-state index contributed by atoms with van der Waals surface area (Å²) in [6.07, 6.45) is 7.05. The molecule has 4 nitrogen and oxygen atoms in total. The predicted octanol–water partition coefficient (Wildman–Crippen LogP) is 2.67. The Morgan fingerprint density at radius 1 is 0.905 bits per heavy atom. The van der Waals surface area contributed by atoms with Crippen LogP contribution in [0.2, 0.25) is 0 Å². The fourth-order valence-corrected chi connectivity index (χ4v) is 3.40. The normalized spacial score (nSPS) is 21.5. The van der Waals surface area contributed by atoms with Crippen molar-refractivity contribution < 1.29 is 9.59 Å². The molecule has 2 aliphatic rings. The molecule has 1 saturated carbocycles. The van der Waals surface area contributed by atoms with Crippen molar-refractivity contribution in [2.45, 2.75) is 59.3 Å². The zero-order chi connectivity index (χ0) is 15.5. The van der Waals surface area contributed by atoms with Gasteiger partial charge in [-0.05, 0) is 18.8 Å². The Hall–Kier alpha value is -1.06. The lowest BCUT2D eigenvalue weighted by Crippen LogP contribution is -2.53. The summed E-state index contributed by atoms with van der Waals surface area (Å²) in [5, 5.41) is 0. The van der Waals surface area contributed by atoms with E-state index in [9.17, 15) is 9.59 Å². The number of hydrogen-bond donors (Lipinski definition) is 0. The van der Waals surface area contributed by atoms with Crippen LogP contribution in [0.25, 0.3) is 0 Å². The monoisotopic (exact) mass is 294 g/mol. The highest BCUT2D eigenvalue weighted by Crippen LogP contribution is 2.27. The van der Waals surface area contributed by atoms with E-state index in [1.54, 1.807) is 0 Å². The third-order valence-corrected chi connectivity index (χ3v) is 4.75. The molecule has 0 radical (unpaired) electrons. The summed E-state index contributed by atoms with van der Waals surface area (Å²) in [5.74, 6) is 1.09. The van der Waals surface area contributed by atoms with E-state index < -0.39 is 0 Å². The average molecular weight is 294 g/mol. The summed E-state index contributed by atoms with van der Waals surface area (Å²) < 4.78 is 0. The van der Waals surface area contributed by atoms with Gasteiger partial charge in [-0.25, -0.2) is 0 Å². The van der Waals surface area contributed by atoms with Crippen molar-refractivity contribution >= 4 is 11.8 Å². The first kappa shape index (κ1) is 16.3. The van der Waals surface area contributed by atoms with Gasteiger partial charge in [0.25, 0.3) is 0 Å². The summed E-state index contributed by atoms with van der Waals surface area (Å²) in [6.45, 7) is 8.64. The Balaban J connectivity index is 1.78. The Labute approximate surface area is 128 Å². The van der Waals surface area contributed by atoms with Gasteiger partial charge in [-0.15, -0.1) is 0 Å². The topological polar surface area (TPSA) is 40.6 Å². The second-order valence-corrected chi connectivity index (χ2v) is 7.63. The van der Waals surface area contributed by atoms with Gasteiger partial charge in [0.15, 0.2) is 0 Å². The van der Waals surface area contributed by atoms with Gasteiger partial charge in [-0.1, -0.05) is 40.0 Å². The Kier molecular flexibility index (Phi) is 5.28. The van der Waals surface area contributed by atoms with Crippen molar-refractivity contribution in [3.05, 3.63) is 0 Å². The van der Waals surface area contributed by atoms with E-state index in [0.717, 1.165) is 0 Å². The maximum atomic E-state index is 12.4. The van der Waals surface area contributed by atoms with Crippen LogP contribution in [0.5, 0.6) is 0 Å². The molecule has 1 saturated heterocycles. The van der Waals surface area contributed by atoms with Crippen LogP contribution in [-0.4, -0.2) is 47.8 Å². The molecule has 1 aliphatic carbocycles. The first-order valence-electron chi connectivity index (χ1n) is 8.45. The third kappa shape index (κ3) is 4.45. The van der Waals surface area contributed by atoms with Crippen LogP contribution in [0.1, 0.15) is 59.3 Å². The summed E-state index contributed by atoms with van der Waals surface area (Å²) in [5.41, 5.74) is -0.325. The zero-order valence-corrected chi connectivity index (χ0v) is 13.9. The van der Waals surface area contributed by atoms with Gasteiger partial charge in [0, 0.05) is 38.0 Å². The fraction of sp³-hybridized carbons (Fsp3) is 0.882. The number of rotatable bonds is 2. The van der Waals surface area contributed by atoms with Gasteiger partial charge in [0.05, 0.1) is 0 Å². The molecule has 0 atom stereocenters. The van der Waals surface area contributed by atoms with Crippen LogP contribution in [-0.2, 0) is 9.59 Å². The molecule has 0 N–H and O–H groups in total. The van der Waals surface area contributed by atoms with Gasteiger partial charge >= 0.3 is 0 Å². The number of nitrogens with zero attached hydrogens (tertiary/aromatic N) is 2. The summed E-state index contributed by atoms with van der Waals surface area (Å²) in [7, 11) is 0. The van der Waals surface area contributed by atoms with Crippen LogP contribution < -0.4 is 0 Å². The molecular formula is C17H30N2O2. The molecule has 4 heteroatoms. The van der Waals surface area contributed by atoms with E-state index in [-0.39, 0.29) is 11.3 Å². The molecule has 2 rings (SSSR count). The minimum absolute atomic E-state index is 0.196. The predicted molar refractivity (Wildman–Crippen MR) is 83.8 cm³/mol. The van der Waals surface area contributed by atoms with E-state index in [1.165, 1.54) is 32.1 Å². The van der Waals surface area contributed by atoms with Crippen LogP contribution in [0, 0.1) is 11.3 Å². The summed E-state index contributed by atoms with van der Waals surface area (Å²) >= 11 is 0. The van der Waals surface area contributed by atoms with E-state index in [4.69, 9.17) is 0 Å². The summed E-state index contributed by atoms with van der Waals surface area (Å²) in [6, 6.07) is 0. The van der Waals surface area contributed by atoms with Crippen molar-refractivity contribution in [2.24, 2.45) is 11.3 Å². The molecule has 120 valence electrons. The van der Waals surface area contributed by atoms with Crippen molar-refractivity contribution in [3.8, 4) is 0 Å². The molecular weight excluding hydrogens is 264 g/mol. The highest BCUT2D eigenvalue weighted by atomic mass is 16.2. The van der Waals surface area contributed by atoms with E-state index in [2.05, 4.69) is 0 Å². The second kappa shape index (κ2) is 6.80. The zero-order valence-electron chi connectivity index (χ0n) is 13.9. The van der Waals surface area contributed by atoms with Crippen molar-refractivity contribution in [1.82, 2.24) is 9.80 Å². The minimum atomic E-state index is -0.325. The number of carbonyl (C=O) groups is 2. The highest BCUT2D eigenvalue weighted by Gasteiger charge is 2.31. The molecule has 0 aromatic heterocycles. The number of hydrogen-bond acceptors (Lipinski definition) is 2. The number of carbonyl (C=O) groups excluding carboxylic acids is 2. The first-order chi connectivity index (χ1) is 9.88. The molecule has 0 spiro atoms. The van der Waals surface area contributed by atoms with Crippen LogP contribution in [0.3, 0.4) is 0 Å². The molecule has 0 aromatic carbocycles. The molecule has 0 aromatic rings. The van der Waals surface area contributed by atoms with E-state index in [1.807, 2.05) is 30.6 Å². The van der Waals surface area contributed by atoms with Crippen LogP contribution >= 0.6 is 0 Å². The van der Waals surface area contributed by atoms with Crippen LogP contribution in [0.4, 0.5) is 0 Å². The van der Waals surface area contributed by atoms with Gasteiger partial charge < -0.3 is 9.80 Å². The highest BCUT2D eigenvalue weighted by molar-refractivity contribution is 5.82. The quantitative estimate of drug-likeness (QED) is 0.785. The molecule has 1 heterocycles. The van der Waals surface area contributed by atoms with Gasteiger partial charge in [-0.2, -0.15) is 0 Å².